The number of nitrogens with one attached hydrogen (secondary N) is 3. The highest BCUT2D eigenvalue weighted by molar-refractivity contribution is 7.89. The quantitative estimate of drug-likeness (QED) is 0.425. The van der Waals surface area contributed by atoms with Crippen LogP contribution < -0.4 is 15.4 Å². The van der Waals surface area contributed by atoms with Crippen molar-refractivity contribution in [2.45, 2.75) is 18.0 Å². The van der Waals surface area contributed by atoms with Crippen molar-refractivity contribution >= 4 is 27.7 Å². The maximum absolute atomic E-state index is 12.5. The summed E-state index contributed by atoms with van der Waals surface area (Å²) in [6, 6.07) is 14.8. The van der Waals surface area contributed by atoms with Crippen molar-refractivity contribution in [3.05, 3.63) is 89.7 Å². The molecule has 1 aromatic heterocycles. The van der Waals surface area contributed by atoms with Crippen molar-refractivity contribution in [2.75, 3.05) is 5.32 Å². The van der Waals surface area contributed by atoms with E-state index in [1.165, 1.54) is 36.4 Å². The van der Waals surface area contributed by atoms with Crippen molar-refractivity contribution in [1.82, 2.24) is 15.0 Å². The minimum Gasteiger partial charge on any atom is -0.478 e. The van der Waals surface area contributed by atoms with E-state index in [-0.39, 0.29) is 17.0 Å². The van der Waals surface area contributed by atoms with E-state index in [0.717, 1.165) is 5.56 Å². The summed E-state index contributed by atoms with van der Waals surface area (Å²) in [6.45, 7) is 0.345. The summed E-state index contributed by atoms with van der Waals surface area (Å²) < 4.78 is 27.4. The summed E-state index contributed by atoms with van der Waals surface area (Å²) in [5, 5.41) is 14.2. The van der Waals surface area contributed by atoms with Gasteiger partial charge in [0.05, 0.1) is 10.5 Å². The van der Waals surface area contributed by atoms with Crippen LogP contribution in [-0.2, 0) is 23.1 Å². The Kier molecular flexibility index (Phi) is 6.96. The van der Waals surface area contributed by atoms with Gasteiger partial charge in [0.2, 0.25) is 10.0 Å². The Morgan fingerprint density at radius 2 is 1.45 bits per heavy atom. The average molecular weight is 440 g/mol. The van der Waals surface area contributed by atoms with Gasteiger partial charge in [-0.25, -0.2) is 22.7 Å². The topological polar surface area (TPSA) is 137 Å². The number of hydrogen-bond donors (Lipinski definition) is 4. The number of rotatable bonds is 8. The number of hydrogen-bond acceptors (Lipinski definition) is 5. The summed E-state index contributed by atoms with van der Waals surface area (Å²) in [7, 11) is -3.78. The number of carboxylic acid groups (broad SMARTS) is 1. The molecule has 0 atom stereocenters. The molecule has 2 aromatic carbocycles. The summed E-state index contributed by atoms with van der Waals surface area (Å²) in [5.41, 5.74) is 2.09. The Labute approximate surface area is 179 Å². The highest BCUT2D eigenvalue weighted by Crippen LogP contribution is 2.15. The predicted octanol–water partition coefficient (Wildman–Crippen LogP) is 2.58. The maximum Gasteiger partial charge on any atom is 0.335 e. The molecule has 0 unspecified atom stereocenters. The second kappa shape index (κ2) is 9.83. The lowest BCUT2D eigenvalue weighted by atomic mass is 10.1. The van der Waals surface area contributed by atoms with Gasteiger partial charge in [-0.2, -0.15) is 0 Å². The fourth-order valence-corrected chi connectivity index (χ4v) is 3.62. The number of sulfonamides is 1. The minimum atomic E-state index is -3.78. The number of carbonyl (C=O) groups is 2. The van der Waals surface area contributed by atoms with Gasteiger partial charge < -0.3 is 15.7 Å². The van der Waals surface area contributed by atoms with Crippen molar-refractivity contribution in [1.29, 1.82) is 0 Å². The first kappa shape index (κ1) is 21.9. The molecule has 0 spiro atoms. The lowest BCUT2D eigenvalue weighted by molar-refractivity contribution is 0.0697. The van der Waals surface area contributed by atoms with Gasteiger partial charge >= 0.3 is 12.0 Å². The number of nitrogens with zero attached hydrogens (tertiary/aromatic N) is 1. The molecule has 1 heterocycles. The van der Waals surface area contributed by atoms with Gasteiger partial charge in [0.25, 0.3) is 0 Å². The molecule has 31 heavy (non-hydrogen) atoms. The van der Waals surface area contributed by atoms with E-state index >= 15 is 0 Å². The molecule has 9 nitrogen and oxygen atoms in total. The second-order valence-electron chi connectivity index (χ2n) is 6.51. The fourth-order valence-electron chi connectivity index (χ4n) is 2.60. The number of amides is 2. The number of anilines is 1. The lowest BCUT2D eigenvalue weighted by Crippen LogP contribution is -2.28. The molecule has 0 radical (unpaired) electrons. The van der Waals surface area contributed by atoms with Crippen LogP contribution in [0.4, 0.5) is 10.5 Å². The molecule has 10 heteroatoms. The predicted molar refractivity (Wildman–Crippen MR) is 114 cm³/mol. The molecule has 3 aromatic rings. The van der Waals surface area contributed by atoms with Crippen LogP contribution in [0.25, 0.3) is 0 Å². The monoisotopic (exact) mass is 440 g/mol. The highest BCUT2D eigenvalue weighted by Gasteiger charge is 2.14. The Morgan fingerprint density at radius 1 is 0.839 bits per heavy atom. The molecule has 2 amide bonds. The molecular formula is C21H20N4O5S. The van der Waals surface area contributed by atoms with E-state index < -0.39 is 22.0 Å². The van der Waals surface area contributed by atoms with E-state index in [9.17, 15) is 18.0 Å². The van der Waals surface area contributed by atoms with Gasteiger partial charge in [0, 0.05) is 31.2 Å². The van der Waals surface area contributed by atoms with Crippen LogP contribution in [0, 0.1) is 0 Å². The van der Waals surface area contributed by atoms with Crippen molar-refractivity contribution in [2.24, 2.45) is 0 Å². The zero-order valence-corrected chi connectivity index (χ0v) is 17.1. The standard InChI is InChI=1S/C21H20N4O5S/c26-20(27)17-3-1-15(2-4-17)14-24-31(29,30)19-7-5-18(6-8-19)25-21(28)23-13-16-9-11-22-12-10-16/h1-12,24H,13-14H2,(H,26,27)(H2,23,25,28). The van der Waals surface area contributed by atoms with E-state index in [1.807, 2.05) is 0 Å². The first-order valence-corrected chi connectivity index (χ1v) is 10.7. The third-order valence-corrected chi connectivity index (χ3v) is 5.71. The first-order valence-electron chi connectivity index (χ1n) is 9.19. The number of pyridine rings is 1. The van der Waals surface area contributed by atoms with Gasteiger partial charge in [0.1, 0.15) is 0 Å². The zero-order valence-electron chi connectivity index (χ0n) is 16.3. The summed E-state index contributed by atoms with van der Waals surface area (Å²) in [4.78, 5) is 26.8. The molecule has 0 aliphatic rings. The lowest BCUT2D eigenvalue weighted by Gasteiger charge is -2.10. The number of aromatic nitrogens is 1. The smallest absolute Gasteiger partial charge is 0.335 e. The molecule has 4 N–H and O–H groups in total. The van der Waals surface area contributed by atoms with Gasteiger partial charge in [-0.3, -0.25) is 4.98 Å². The SMILES string of the molecule is O=C(NCc1ccncc1)Nc1ccc(S(=O)(=O)NCc2ccc(C(=O)O)cc2)cc1. The van der Waals surface area contributed by atoms with E-state index in [1.54, 1.807) is 36.7 Å². The van der Waals surface area contributed by atoms with Crippen molar-refractivity contribution in [3.63, 3.8) is 0 Å². The maximum atomic E-state index is 12.5. The number of carbonyl (C=O) groups excluding carboxylic acids is 1. The number of carboxylic acids is 1. The normalized spacial score (nSPS) is 11.0. The van der Waals surface area contributed by atoms with Gasteiger partial charge in [0.15, 0.2) is 0 Å². The Hall–Kier alpha value is -3.76. The first-order chi connectivity index (χ1) is 14.8. The van der Waals surface area contributed by atoms with Crippen LogP contribution in [-0.4, -0.2) is 30.5 Å². The summed E-state index contributed by atoms with van der Waals surface area (Å²) in [5.74, 6) is -1.05. The van der Waals surface area contributed by atoms with Gasteiger partial charge in [-0.15, -0.1) is 0 Å². The third-order valence-electron chi connectivity index (χ3n) is 4.29. The van der Waals surface area contributed by atoms with Crippen LogP contribution in [0.1, 0.15) is 21.5 Å². The molecular weight excluding hydrogens is 420 g/mol. The van der Waals surface area contributed by atoms with Crippen LogP contribution in [0.3, 0.4) is 0 Å². The second-order valence-corrected chi connectivity index (χ2v) is 8.28. The summed E-state index contributed by atoms with van der Waals surface area (Å²) in [6.07, 6.45) is 3.26. The molecule has 3 rings (SSSR count). The Morgan fingerprint density at radius 3 is 2.06 bits per heavy atom. The molecule has 0 saturated carbocycles. The van der Waals surface area contributed by atoms with Crippen molar-refractivity contribution in [3.8, 4) is 0 Å². The van der Waals surface area contributed by atoms with E-state index in [2.05, 4.69) is 20.3 Å². The Bertz CT molecular complexity index is 1150. The average Bonchev–Trinajstić information content (AvgIpc) is 2.78. The van der Waals surface area contributed by atoms with E-state index in [0.29, 0.717) is 17.8 Å². The number of benzene rings is 2. The zero-order chi connectivity index (χ0) is 22.3. The fraction of sp³-hybridized carbons (Fsp3) is 0.0952. The number of aromatic carboxylic acids is 1. The molecule has 0 aliphatic carbocycles. The number of urea groups is 1. The van der Waals surface area contributed by atoms with Crippen LogP contribution in [0.2, 0.25) is 0 Å². The van der Waals surface area contributed by atoms with Gasteiger partial charge in [-0.05, 0) is 59.7 Å². The highest BCUT2D eigenvalue weighted by atomic mass is 32.2. The van der Waals surface area contributed by atoms with Crippen LogP contribution in [0.15, 0.2) is 78.0 Å². The van der Waals surface area contributed by atoms with Crippen molar-refractivity contribution < 1.29 is 23.1 Å². The van der Waals surface area contributed by atoms with Crippen LogP contribution >= 0.6 is 0 Å². The largest absolute Gasteiger partial charge is 0.478 e. The van der Waals surface area contributed by atoms with Crippen LogP contribution in [0.5, 0.6) is 0 Å². The third kappa shape index (κ3) is 6.36. The molecule has 160 valence electrons. The van der Waals surface area contributed by atoms with Gasteiger partial charge in [-0.1, -0.05) is 12.1 Å². The Balaban J connectivity index is 1.54. The summed E-state index contributed by atoms with van der Waals surface area (Å²) >= 11 is 0. The minimum absolute atomic E-state index is 0.0135. The molecule has 0 saturated heterocycles. The molecule has 0 bridgehead atoms. The molecule has 0 aliphatic heterocycles. The molecule has 0 fully saturated rings. The van der Waals surface area contributed by atoms with E-state index in [4.69, 9.17) is 5.11 Å².